The lowest BCUT2D eigenvalue weighted by Gasteiger charge is -2.40. The Kier molecular flexibility index (Phi) is 5.36. The van der Waals surface area contributed by atoms with E-state index in [2.05, 4.69) is 17.1 Å². The summed E-state index contributed by atoms with van der Waals surface area (Å²) in [5.41, 5.74) is 0. The van der Waals surface area contributed by atoms with Crippen LogP contribution >= 0.6 is 0 Å². The summed E-state index contributed by atoms with van der Waals surface area (Å²) in [5, 5.41) is 3.75. The molecule has 3 atom stereocenters. The summed E-state index contributed by atoms with van der Waals surface area (Å²) in [6.07, 6.45) is 12.6. The maximum atomic E-state index is 5.90. The number of nitrogens with one attached hydrogen (secondary N) is 1. The van der Waals surface area contributed by atoms with E-state index in [9.17, 15) is 0 Å². The molecule has 20 heavy (non-hydrogen) atoms. The zero-order chi connectivity index (χ0) is 13.8. The molecule has 1 N–H and O–H groups in total. The second kappa shape index (κ2) is 7.24. The van der Waals surface area contributed by atoms with Crippen molar-refractivity contribution in [2.75, 3.05) is 19.7 Å². The van der Waals surface area contributed by atoms with Crippen molar-refractivity contribution in [3.63, 3.8) is 0 Å². The first kappa shape index (κ1) is 14.8. The van der Waals surface area contributed by atoms with Crippen LogP contribution < -0.4 is 5.32 Å². The van der Waals surface area contributed by atoms with Crippen LogP contribution in [0, 0.1) is 0 Å². The zero-order valence-corrected chi connectivity index (χ0v) is 13.2. The second-order valence-electron chi connectivity index (χ2n) is 7.02. The van der Waals surface area contributed by atoms with Gasteiger partial charge in [0.15, 0.2) is 0 Å². The van der Waals surface area contributed by atoms with E-state index in [-0.39, 0.29) is 0 Å². The third-order valence-electron chi connectivity index (χ3n) is 5.55. The van der Waals surface area contributed by atoms with Crippen LogP contribution in [-0.4, -0.2) is 48.8 Å². The minimum absolute atomic E-state index is 0.555. The number of rotatable bonds is 6. The van der Waals surface area contributed by atoms with Gasteiger partial charge in [0.25, 0.3) is 0 Å². The molecule has 0 radical (unpaired) electrons. The largest absolute Gasteiger partial charge is 0.378 e. The van der Waals surface area contributed by atoms with Crippen LogP contribution in [0.5, 0.6) is 0 Å². The molecule has 3 aliphatic heterocycles. The molecular weight excluding hydrogens is 248 g/mol. The Morgan fingerprint density at radius 1 is 1.10 bits per heavy atom. The lowest BCUT2D eigenvalue weighted by molar-refractivity contribution is -0.00137. The molecular formula is C17H32N2O. The molecule has 3 rings (SSSR count). The van der Waals surface area contributed by atoms with E-state index >= 15 is 0 Å². The number of hydrogen-bond acceptors (Lipinski definition) is 3. The molecule has 2 bridgehead atoms. The van der Waals surface area contributed by atoms with Gasteiger partial charge < -0.3 is 10.1 Å². The fourth-order valence-electron chi connectivity index (χ4n) is 4.48. The third-order valence-corrected chi connectivity index (χ3v) is 5.55. The summed E-state index contributed by atoms with van der Waals surface area (Å²) in [6.45, 7) is 5.74. The molecule has 3 unspecified atom stereocenters. The Balaban J connectivity index is 1.44. The van der Waals surface area contributed by atoms with E-state index in [1.165, 1.54) is 70.9 Å². The quantitative estimate of drug-likeness (QED) is 0.809. The predicted molar refractivity (Wildman–Crippen MR) is 83.0 cm³/mol. The number of ether oxygens (including phenoxy) is 1. The average molecular weight is 280 g/mol. The van der Waals surface area contributed by atoms with Gasteiger partial charge in [0, 0.05) is 31.3 Å². The Morgan fingerprint density at radius 2 is 1.90 bits per heavy atom. The summed E-state index contributed by atoms with van der Waals surface area (Å²) < 4.78 is 5.90. The smallest absolute Gasteiger partial charge is 0.0587 e. The summed E-state index contributed by atoms with van der Waals surface area (Å²) >= 11 is 0. The molecule has 3 aliphatic rings. The number of hydrogen-bond donors (Lipinski definition) is 1. The van der Waals surface area contributed by atoms with Crippen LogP contribution in [-0.2, 0) is 4.74 Å². The maximum absolute atomic E-state index is 5.90. The van der Waals surface area contributed by atoms with E-state index in [4.69, 9.17) is 4.74 Å². The highest BCUT2D eigenvalue weighted by Crippen LogP contribution is 2.36. The van der Waals surface area contributed by atoms with E-state index in [0.717, 1.165) is 24.7 Å². The van der Waals surface area contributed by atoms with Gasteiger partial charge >= 0.3 is 0 Å². The van der Waals surface area contributed by atoms with Crippen molar-refractivity contribution in [3.8, 4) is 0 Å². The highest BCUT2D eigenvalue weighted by atomic mass is 16.5. The molecule has 3 nitrogen and oxygen atoms in total. The summed E-state index contributed by atoms with van der Waals surface area (Å²) in [6, 6.07) is 2.49. The number of nitrogens with zero attached hydrogens (tertiary/aromatic N) is 1. The minimum Gasteiger partial charge on any atom is -0.378 e. The molecule has 0 spiro atoms. The molecule has 0 amide bonds. The molecule has 116 valence electrons. The van der Waals surface area contributed by atoms with Crippen LogP contribution in [0.3, 0.4) is 0 Å². The second-order valence-corrected chi connectivity index (χ2v) is 7.02. The van der Waals surface area contributed by atoms with Gasteiger partial charge in [-0.05, 0) is 64.3 Å². The Hall–Kier alpha value is -0.120. The van der Waals surface area contributed by atoms with Gasteiger partial charge in [0.2, 0.25) is 0 Å². The first-order valence-corrected chi connectivity index (χ1v) is 8.97. The van der Waals surface area contributed by atoms with E-state index in [1.54, 1.807) is 0 Å². The highest BCUT2D eigenvalue weighted by molar-refractivity contribution is 4.97. The van der Waals surface area contributed by atoms with Crippen molar-refractivity contribution in [3.05, 3.63) is 0 Å². The van der Waals surface area contributed by atoms with Crippen molar-refractivity contribution in [1.82, 2.24) is 10.2 Å². The lowest BCUT2D eigenvalue weighted by Crippen LogP contribution is -2.49. The normalized spacial score (nSPS) is 38.2. The first-order valence-electron chi connectivity index (χ1n) is 8.97. The van der Waals surface area contributed by atoms with Crippen molar-refractivity contribution < 1.29 is 4.74 Å². The van der Waals surface area contributed by atoms with Gasteiger partial charge in [-0.2, -0.15) is 0 Å². The van der Waals surface area contributed by atoms with Gasteiger partial charge in [0.05, 0.1) is 6.10 Å². The summed E-state index contributed by atoms with van der Waals surface area (Å²) in [7, 11) is 0. The van der Waals surface area contributed by atoms with Crippen LogP contribution in [0.15, 0.2) is 0 Å². The van der Waals surface area contributed by atoms with E-state index < -0.39 is 0 Å². The molecule has 0 aliphatic carbocycles. The SMILES string of the molecule is CCCNC1CC2CCC(C1)N2CCC1CCCCO1. The van der Waals surface area contributed by atoms with Crippen LogP contribution in [0.25, 0.3) is 0 Å². The summed E-state index contributed by atoms with van der Waals surface area (Å²) in [5.74, 6) is 0. The topological polar surface area (TPSA) is 24.5 Å². The van der Waals surface area contributed by atoms with E-state index in [0.29, 0.717) is 6.10 Å². The molecule has 3 heteroatoms. The number of fused-ring (bicyclic) bond motifs is 2. The van der Waals surface area contributed by atoms with Gasteiger partial charge in [-0.3, -0.25) is 4.90 Å². The Labute approximate surface area is 124 Å². The van der Waals surface area contributed by atoms with Crippen LogP contribution in [0.4, 0.5) is 0 Å². The Morgan fingerprint density at radius 3 is 2.55 bits per heavy atom. The van der Waals surface area contributed by atoms with Crippen molar-refractivity contribution >= 4 is 0 Å². The zero-order valence-electron chi connectivity index (χ0n) is 13.2. The maximum Gasteiger partial charge on any atom is 0.0587 e. The predicted octanol–water partition coefficient (Wildman–Crippen LogP) is 2.94. The monoisotopic (exact) mass is 280 g/mol. The number of piperidine rings is 1. The standard InChI is InChI=1S/C17H32N2O/c1-2-9-18-14-12-15-6-7-16(13-14)19(15)10-8-17-5-3-4-11-20-17/h14-18H,2-13H2,1H3. The third kappa shape index (κ3) is 3.55. The highest BCUT2D eigenvalue weighted by Gasteiger charge is 2.40. The molecule has 0 aromatic rings. The Bertz CT molecular complexity index is 277. The lowest BCUT2D eigenvalue weighted by atomic mass is 9.96. The minimum atomic E-state index is 0.555. The van der Waals surface area contributed by atoms with E-state index in [1.807, 2.05) is 0 Å². The van der Waals surface area contributed by atoms with Crippen LogP contribution in [0.1, 0.15) is 64.7 Å². The fourth-order valence-corrected chi connectivity index (χ4v) is 4.48. The van der Waals surface area contributed by atoms with Gasteiger partial charge in [-0.15, -0.1) is 0 Å². The van der Waals surface area contributed by atoms with Crippen LogP contribution in [0.2, 0.25) is 0 Å². The molecule has 3 fully saturated rings. The molecule has 0 aromatic heterocycles. The van der Waals surface area contributed by atoms with Gasteiger partial charge in [-0.1, -0.05) is 6.92 Å². The van der Waals surface area contributed by atoms with Crippen molar-refractivity contribution in [1.29, 1.82) is 0 Å². The first-order chi connectivity index (χ1) is 9.86. The summed E-state index contributed by atoms with van der Waals surface area (Å²) in [4.78, 5) is 2.82. The van der Waals surface area contributed by atoms with Gasteiger partial charge in [-0.25, -0.2) is 0 Å². The molecule has 0 saturated carbocycles. The molecule has 0 aromatic carbocycles. The van der Waals surface area contributed by atoms with Crippen molar-refractivity contribution in [2.24, 2.45) is 0 Å². The molecule has 3 heterocycles. The van der Waals surface area contributed by atoms with Gasteiger partial charge in [0.1, 0.15) is 0 Å². The average Bonchev–Trinajstić information content (AvgIpc) is 2.73. The fraction of sp³-hybridized carbons (Fsp3) is 1.00. The molecule has 3 saturated heterocycles. The van der Waals surface area contributed by atoms with Crippen molar-refractivity contribution in [2.45, 2.75) is 88.9 Å².